The Morgan fingerprint density at radius 1 is 1.38 bits per heavy atom. The largest absolute Gasteiger partial charge is 0.463 e. The molecule has 6 heteroatoms. The van der Waals surface area contributed by atoms with E-state index in [0.29, 0.717) is 32.1 Å². The summed E-state index contributed by atoms with van der Waals surface area (Å²) in [5, 5.41) is 9.63. The zero-order valence-electron chi connectivity index (χ0n) is 13.0. The number of epoxide rings is 1. The van der Waals surface area contributed by atoms with Gasteiger partial charge in [0.15, 0.2) is 6.29 Å². The van der Waals surface area contributed by atoms with E-state index in [1.807, 2.05) is 6.92 Å². The predicted molar refractivity (Wildman–Crippen MR) is 76.8 cm³/mol. The quantitative estimate of drug-likeness (QED) is 0.408. The molecule has 2 unspecified atom stereocenters. The highest BCUT2D eigenvalue weighted by Gasteiger charge is 2.28. The number of carbonyl (C=O) groups excluding carboxylic acids is 1. The van der Waals surface area contributed by atoms with Crippen molar-refractivity contribution in [3.8, 4) is 0 Å². The minimum Gasteiger partial charge on any atom is -0.463 e. The van der Waals surface area contributed by atoms with Gasteiger partial charge >= 0.3 is 5.97 Å². The van der Waals surface area contributed by atoms with E-state index in [2.05, 4.69) is 11.9 Å². The van der Waals surface area contributed by atoms with Crippen molar-refractivity contribution in [2.45, 2.75) is 63.6 Å². The Labute approximate surface area is 126 Å². The van der Waals surface area contributed by atoms with Gasteiger partial charge in [0.2, 0.25) is 0 Å². The van der Waals surface area contributed by atoms with Crippen LogP contribution in [0.1, 0.15) is 39.0 Å². The van der Waals surface area contributed by atoms with Crippen LogP contribution in [0.4, 0.5) is 0 Å². The Balaban J connectivity index is 1.53. The van der Waals surface area contributed by atoms with Crippen molar-refractivity contribution >= 4 is 5.97 Å². The average molecular weight is 301 g/mol. The van der Waals surface area contributed by atoms with E-state index < -0.39 is 6.29 Å². The van der Waals surface area contributed by atoms with Crippen molar-refractivity contribution in [3.63, 3.8) is 0 Å². The molecular formula is C15H27NO5. The molecule has 1 N–H and O–H groups in total. The fourth-order valence-corrected chi connectivity index (χ4v) is 2.69. The number of unbranched alkanes of at least 4 members (excludes halogenated alkanes) is 1. The molecule has 6 nitrogen and oxygen atoms in total. The van der Waals surface area contributed by atoms with E-state index in [1.165, 1.54) is 0 Å². The summed E-state index contributed by atoms with van der Waals surface area (Å²) in [5.74, 6) is -0.136. The number of hydrogen-bond acceptors (Lipinski definition) is 6. The zero-order chi connectivity index (χ0) is 15.2. The normalized spacial score (nSPS) is 32.2. The van der Waals surface area contributed by atoms with Crippen LogP contribution in [0.2, 0.25) is 0 Å². The SMILES string of the molecule is C[C@@H]1CC(N(C)CCCCC(=O)OCC2CO2)C[C@H](O)O1. The van der Waals surface area contributed by atoms with Gasteiger partial charge in [0.1, 0.15) is 12.7 Å². The van der Waals surface area contributed by atoms with Gasteiger partial charge in [0.05, 0.1) is 12.7 Å². The number of esters is 1. The maximum absolute atomic E-state index is 11.5. The molecule has 2 rings (SSSR count). The van der Waals surface area contributed by atoms with Gasteiger partial charge in [-0.2, -0.15) is 0 Å². The van der Waals surface area contributed by atoms with E-state index >= 15 is 0 Å². The number of rotatable bonds is 8. The lowest BCUT2D eigenvalue weighted by molar-refractivity contribution is -0.173. The second-order valence-electron chi connectivity index (χ2n) is 6.10. The molecule has 0 bridgehead atoms. The van der Waals surface area contributed by atoms with Gasteiger partial charge in [-0.15, -0.1) is 0 Å². The van der Waals surface area contributed by atoms with Crippen molar-refractivity contribution in [2.24, 2.45) is 0 Å². The fourth-order valence-electron chi connectivity index (χ4n) is 2.69. The van der Waals surface area contributed by atoms with Crippen LogP contribution >= 0.6 is 0 Å². The van der Waals surface area contributed by atoms with Crippen LogP contribution in [0.15, 0.2) is 0 Å². The minimum atomic E-state index is -0.652. The Morgan fingerprint density at radius 3 is 2.81 bits per heavy atom. The summed E-state index contributed by atoms with van der Waals surface area (Å²) in [4.78, 5) is 13.7. The number of carbonyl (C=O) groups is 1. The van der Waals surface area contributed by atoms with Crippen LogP contribution in [0, 0.1) is 0 Å². The van der Waals surface area contributed by atoms with Crippen LogP contribution < -0.4 is 0 Å². The molecule has 21 heavy (non-hydrogen) atoms. The van der Waals surface area contributed by atoms with E-state index in [9.17, 15) is 9.90 Å². The third-order valence-electron chi connectivity index (χ3n) is 4.06. The van der Waals surface area contributed by atoms with Crippen molar-refractivity contribution in [1.29, 1.82) is 0 Å². The van der Waals surface area contributed by atoms with E-state index in [1.54, 1.807) is 0 Å². The van der Waals surface area contributed by atoms with Gasteiger partial charge < -0.3 is 24.2 Å². The summed E-state index contributed by atoms with van der Waals surface area (Å²) in [6.07, 6.45) is 3.43. The van der Waals surface area contributed by atoms with Gasteiger partial charge in [0.25, 0.3) is 0 Å². The molecule has 4 atom stereocenters. The Hall–Kier alpha value is -0.690. The van der Waals surface area contributed by atoms with Crippen molar-refractivity contribution in [1.82, 2.24) is 4.90 Å². The highest BCUT2D eigenvalue weighted by atomic mass is 16.6. The molecule has 2 aliphatic heterocycles. The second kappa shape index (κ2) is 8.08. The lowest BCUT2D eigenvalue weighted by Gasteiger charge is -2.36. The highest BCUT2D eigenvalue weighted by molar-refractivity contribution is 5.69. The third-order valence-corrected chi connectivity index (χ3v) is 4.06. The van der Waals surface area contributed by atoms with Crippen LogP contribution in [-0.2, 0) is 19.0 Å². The highest BCUT2D eigenvalue weighted by Crippen LogP contribution is 2.22. The monoisotopic (exact) mass is 301 g/mol. The first-order valence-corrected chi connectivity index (χ1v) is 7.85. The average Bonchev–Trinajstić information content (AvgIpc) is 3.24. The number of aliphatic hydroxyl groups excluding tert-OH is 1. The Bertz CT molecular complexity index is 324. The Morgan fingerprint density at radius 2 is 2.14 bits per heavy atom. The summed E-state index contributed by atoms with van der Waals surface area (Å²) in [6.45, 7) is 4.02. The molecule has 2 fully saturated rings. The van der Waals surface area contributed by atoms with Crippen molar-refractivity contribution in [2.75, 3.05) is 26.8 Å². The first-order chi connectivity index (χ1) is 10.0. The summed E-state index contributed by atoms with van der Waals surface area (Å²) in [7, 11) is 2.07. The van der Waals surface area contributed by atoms with Crippen LogP contribution in [0.3, 0.4) is 0 Å². The molecule has 0 aromatic heterocycles. The Kier molecular flexibility index (Phi) is 6.41. The van der Waals surface area contributed by atoms with Gasteiger partial charge in [-0.05, 0) is 39.8 Å². The molecule has 122 valence electrons. The topological polar surface area (TPSA) is 71.5 Å². The zero-order valence-corrected chi connectivity index (χ0v) is 13.0. The standard InChI is InChI=1S/C15H27NO5/c1-11-7-12(8-15(18)21-11)16(2)6-4-3-5-14(17)20-10-13-9-19-13/h11-13,15,18H,3-10H2,1-2H3/t11-,12?,13?,15-/m1/s1. The maximum atomic E-state index is 11.5. The molecule has 0 aromatic carbocycles. The molecule has 2 saturated heterocycles. The van der Waals surface area contributed by atoms with Crippen molar-refractivity contribution in [3.05, 3.63) is 0 Å². The smallest absolute Gasteiger partial charge is 0.305 e. The molecular weight excluding hydrogens is 274 g/mol. The number of ether oxygens (including phenoxy) is 3. The summed E-state index contributed by atoms with van der Waals surface area (Å²) < 4.78 is 15.4. The van der Waals surface area contributed by atoms with E-state index in [4.69, 9.17) is 14.2 Å². The number of hydrogen-bond donors (Lipinski definition) is 1. The number of aliphatic hydroxyl groups is 1. The molecule has 0 radical (unpaired) electrons. The van der Waals surface area contributed by atoms with Crippen LogP contribution in [0.5, 0.6) is 0 Å². The van der Waals surface area contributed by atoms with E-state index in [-0.39, 0.29) is 18.2 Å². The third kappa shape index (κ3) is 6.30. The first kappa shape index (κ1) is 16.7. The van der Waals surface area contributed by atoms with Crippen LogP contribution in [-0.4, -0.2) is 67.3 Å². The number of nitrogens with zero attached hydrogens (tertiary/aromatic N) is 1. The second-order valence-corrected chi connectivity index (χ2v) is 6.10. The van der Waals surface area contributed by atoms with Gasteiger partial charge in [-0.3, -0.25) is 4.79 Å². The molecule has 2 aliphatic rings. The molecule has 0 spiro atoms. The lowest BCUT2D eigenvalue weighted by Crippen LogP contribution is -2.43. The summed E-state index contributed by atoms with van der Waals surface area (Å²) in [6, 6.07) is 0.350. The molecule has 0 aromatic rings. The summed E-state index contributed by atoms with van der Waals surface area (Å²) in [5.41, 5.74) is 0. The molecule has 0 saturated carbocycles. The predicted octanol–water partition coefficient (Wildman–Crippen LogP) is 0.916. The first-order valence-electron chi connectivity index (χ1n) is 7.85. The minimum absolute atomic E-state index is 0.0980. The molecule has 0 amide bonds. The van der Waals surface area contributed by atoms with Gasteiger partial charge in [-0.1, -0.05) is 0 Å². The molecule has 0 aliphatic carbocycles. The molecule has 2 heterocycles. The van der Waals surface area contributed by atoms with Gasteiger partial charge in [0, 0.05) is 18.9 Å². The maximum Gasteiger partial charge on any atom is 0.305 e. The van der Waals surface area contributed by atoms with E-state index in [0.717, 1.165) is 25.8 Å². The lowest BCUT2D eigenvalue weighted by atomic mass is 10.0. The van der Waals surface area contributed by atoms with Crippen LogP contribution in [0.25, 0.3) is 0 Å². The fraction of sp³-hybridized carbons (Fsp3) is 0.933. The van der Waals surface area contributed by atoms with Crippen molar-refractivity contribution < 1.29 is 24.1 Å². The summed E-state index contributed by atoms with van der Waals surface area (Å²) >= 11 is 0. The van der Waals surface area contributed by atoms with Gasteiger partial charge in [-0.25, -0.2) is 0 Å².